The van der Waals surface area contributed by atoms with Gasteiger partial charge in [-0.15, -0.1) is 0 Å². The van der Waals surface area contributed by atoms with Crippen LogP contribution in [0.25, 0.3) is 12.2 Å². The monoisotopic (exact) mass is 294 g/mol. The molecular formula is C17H18N4O. The van der Waals surface area contributed by atoms with Gasteiger partial charge in [-0.1, -0.05) is 30.3 Å². The summed E-state index contributed by atoms with van der Waals surface area (Å²) in [6.45, 7) is 3.62. The van der Waals surface area contributed by atoms with Gasteiger partial charge in [0.25, 0.3) is 0 Å². The first-order valence-corrected chi connectivity index (χ1v) is 7.34. The number of nitrogens with zero attached hydrogens (tertiary/aromatic N) is 4. The van der Waals surface area contributed by atoms with E-state index in [0.29, 0.717) is 17.5 Å². The molecule has 1 aliphatic heterocycles. The summed E-state index contributed by atoms with van der Waals surface area (Å²) in [5.74, 6) is 1.05. The first-order chi connectivity index (χ1) is 10.8. The summed E-state index contributed by atoms with van der Waals surface area (Å²) >= 11 is 0. The van der Waals surface area contributed by atoms with Gasteiger partial charge in [-0.3, -0.25) is 0 Å². The van der Waals surface area contributed by atoms with Gasteiger partial charge in [0.05, 0.1) is 0 Å². The molecule has 0 aliphatic carbocycles. The average molecular weight is 294 g/mol. The molecule has 0 amide bonds. The maximum absolute atomic E-state index is 9.27. The predicted molar refractivity (Wildman–Crippen MR) is 86.3 cm³/mol. The highest BCUT2D eigenvalue weighted by Gasteiger charge is 2.22. The molecule has 1 aliphatic rings. The number of nitriles is 1. The van der Waals surface area contributed by atoms with Gasteiger partial charge in [0.1, 0.15) is 6.07 Å². The fourth-order valence-corrected chi connectivity index (χ4v) is 2.43. The number of oxazole rings is 1. The van der Waals surface area contributed by atoms with Gasteiger partial charge in [-0.25, -0.2) is 0 Å². The van der Waals surface area contributed by atoms with Crippen LogP contribution in [0.3, 0.4) is 0 Å². The van der Waals surface area contributed by atoms with E-state index >= 15 is 0 Å². The Morgan fingerprint density at radius 3 is 2.55 bits per heavy atom. The SMILES string of the molecule is CN1CCN(c2oc(/C=C/c3ccccc3)nc2C#N)CC1. The van der Waals surface area contributed by atoms with Crippen molar-refractivity contribution in [2.45, 2.75) is 0 Å². The summed E-state index contributed by atoms with van der Waals surface area (Å²) in [5, 5.41) is 9.27. The molecule has 22 heavy (non-hydrogen) atoms. The highest BCUT2D eigenvalue weighted by atomic mass is 16.4. The van der Waals surface area contributed by atoms with Crippen LogP contribution in [0.1, 0.15) is 17.1 Å². The number of anilines is 1. The maximum atomic E-state index is 9.27. The van der Waals surface area contributed by atoms with E-state index in [9.17, 15) is 5.26 Å². The second-order valence-electron chi connectivity index (χ2n) is 5.35. The number of benzene rings is 1. The molecule has 112 valence electrons. The van der Waals surface area contributed by atoms with Crippen LogP contribution >= 0.6 is 0 Å². The summed E-state index contributed by atoms with van der Waals surface area (Å²) in [6, 6.07) is 12.1. The van der Waals surface area contributed by atoms with E-state index in [1.165, 1.54) is 0 Å². The maximum Gasteiger partial charge on any atom is 0.235 e. The normalized spacial score (nSPS) is 16.1. The predicted octanol–water partition coefficient (Wildman–Crippen LogP) is 2.47. The largest absolute Gasteiger partial charge is 0.420 e. The van der Waals surface area contributed by atoms with Gasteiger partial charge < -0.3 is 14.2 Å². The van der Waals surface area contributed by atoms with Gasteiger partial charge in [0, 0.05) is 32.3 Å². The van der Waals surface area contributed by atoms with Crippen molar-refractivity contribution in [2.75, 3.05) is 38.1 Å². The lowest BCUT2D eigenvalue weighted by Crippen LogP contribution is -2.44. The zero-order valence-corrected chi connectivity index (χ0v) is 12.6. The van der Waals surface area contributed by atoms with Crippen molar-refractivity contribution >= 4 is 18.0 Å². The first kappa shape index (κ1) is 14.4. The van der Waals surface area contributed by atoms with Crippen molar-refractivity contribution in [1.29, 1.82) is 5.26 Å². The van der Waals surface area contributed by atoms with E-state index in [-0.39, 0.29) is 0 Å². The second-order valence-corrected chi connectivity index (χ2v) is 5.35. The van der Waals surface area contributed by atoms with Gasteiger partial charge in [0.2, 0.25) is 17.5 Å². The number of hydrogen-bond acceptors (Lipinski definition) is 5. The fourth-order valence-electron chi connectivity index (χ4n) is 2.43. The molecule has 2 aromatic rings. The van der Waals surface area contributed by atoms with Crippen LogP contribution in [0.15, 0.2) is 34.7 Å². The van der Waals surface area contributed by atoms with Crippen LogP contribution in [0.5, 0.6) is 0 Å². The zero-order chi connectivity index (χ0) is 15.4. The molecule has 0 N–H and O–H groups in total. The number of piperazine rings is 1. The minimum Gasteiger partial charge on any atom is -0.420 e. The van der Waals surface area contributed by atoms with Gasteiger partial charge in [-0.05, 0) is 18.7 Å². The highest BCUT2D eigenvalue weighted by Crippen LogP contribution is 2.23. The molecular weight excluding hydrogens is 276 g/mol. The Hall–Kier alpha value is -2.58. The van der Waals surface area contributed by atoms with Crippen molar-refractivity contribution in [3.8, 4) is 6.07 Å². The van der Waals surface area contributed by atoms with Gasteiger partial charge in [0.15, 0.2) is 0 Å². The lowest BCUT2D eigenvalue weighted by Gasteiger charge is -2.31. The number of likely N-dealkylation sites (N-methyl/N-ethyl adjacent to an activating group) is 1. The van der Waals surface area contributed by atoms with E-state index in [1.54, 1.807) is 6.08 Å². The molecule has 0 atom stereocenters. The van der Waals surface area contributed by atoms with Crippen LogP contribution in [0.2, 0.25) is 0 Å². The molecule has 1 aromatic heterocycles. The number of rotatable bonds is 3. The third-order valence-corrected chi connectivity index (χ3v) is 3.74. The Labute approximate surface area is 130 Å². The van der Waals surface area contributed by atoms with Crippen LogP contribution in [-0.4, -0.2) is 43.1 Å². The highest BCUT2D eigenvalue weighted by molar-refractivity contribution is 5.67. The smallest absolute Gasteiger partial charge is 0.235 e. The Kier molecular flexibility index (Phi) is 4.22. The fraction of sp³-hybridized carbons (Fsp3) is 0.294. The Balaban J connectivity index is 1.80. The van der Waals surface area contributed by atoms with E-state index in [1.807, 2.05) is 36.4 Å². The summed E-state index contributed by atoms with van der Waals surface area (Å²) in [6.07, 6.45) is 3.73. The summed E-state index contributed by atoms with van der Waals surface area (Å²) < 4.78 is 5.79. The van der Waals surface area contributed by atoms with Gasteiger partial charge in [-0.2, -0.15) is 10.2 Å². The Bertz CT molecular complexity index is 691. The average Bonchev–Trinajstić information content (AvgIpc) is 2.98. The van der Waals surface area contributed by atoms with Crippen LogP contribution in [0.4, 0.5) is 5.88 Å². The van der Waals surface area contributed by atoms with Crippen molar-refractivity contribution < 1.29 is 4.42 Å². The number of aromatic nitrogens is 1. The van der Waals surface area contributed by atoms with Crippen LogP contribution in [-0.2, 0) is 0 Å². The molecule has 1 fully saturated rings. The molecule has 0 spiro atoms. The van der Waals surface area contributed by atoms with Gasteiger partial charge >= 0.3 is 0 Å². The molecule has 2 heterocycles. The van der Waals surface area contributed by atoms with Crippen molar-refractivity contribution in [3.63, 3.8) is 0 Å². The molecule has 0 radical (unpaired) electrons. The first-order valence-electron chi connectivity index (χ1n) is 7.34. The standard InChI is InChI=1S/C17H18N4O/c1-20-9-11-21(12-10-20)17-15(13-18)19-16(22-17)8-7-14-5-3-2-4-6-14/h2-8H,9-12H2,1H3/b8-7+. The third-order valence-electron chi connectivity index (χ3n) is 3.74. The molecule has 5 nitrogen and oxygen atoms in total. The lowest BCUT2D eigenvalue weighted by molar-refractivity contribution is 0.306. The molecule has 3 rings (SSSR count). The van der Waals surface area contributed by atoms with Crippen molar-refractivity contribution in [2.24, 2.45) is 0 Å². The van der Waals surface area contributed by atoms with E-state index in [0.717, 1.165) is 31.7 Å². The third kappa shape index (κ3) is 3.18. The van der Waals surface area contributed by atoms with Crippen molar-refractivity contribution in [1.82, 2.24) is 9.88 Å². The molecule has 0 unspecified atom stereocenters. The second kappa shape index (κ2) is 6.46. The summed E-state index contributed by atoms with van der Waals surface area (Å²) in [4.78, 5) is 8.62. The van der Waals surface area contributed by atoms with Crippen LogP contribution in [0, 0.1) is 11.3 Å². The lowest BCUT2D eigenvalue weighted by atomic mass is 10.2. The topological polar surface area (TPSA) is 56.3 Å². The Morgan fingerprint density at radius 2 is 1.86 bits per heavy atom. The summed E-state index contributed by atoms with van der Waals surface area (Å²) in [5.41, 5.74) is 1.43. The summed E-state index contributed by atoms with van der Waals surface area (Å²) in [7, 11) is 2.09. The van der Waals surface area contributed by atoms with Crippen molar-refractivity contribution in [3.05, 3.63) is 47.5 Å². The molecule has 0 bridgehead atoms. The van der Waals surface area contributed by atoms with E-state index in [2.05, 4.69) is 27.9 Å². The van der Waals surface area contributed by atoms with E-state index in [4.69, 9.17) is 4.42 Å². The minimum atomic E-state index is 0.359. The molecule has 1 aromatic carbocycles. The number of hydrogen-bond donors (Lipinski definition) is 0. The molecule has 5 heteroatoms. The minimum absolute atomic E-state index is 0.359. The van der Waals surface area contributed by atoms with E-state index < -0.39 is 0 Å². The quantitative estimate of drug-likeness (QED) is 0.870. The zero-order valence-electron chi connectivity index (χ0n) is 12.6. The molecule has 0 saturated carbocycles. The Morgan fingerprint density at radius 1 is 1.14 bits per heavy atom. The molecule has 1 saturated heterocycles. The van der Waals surface area contributed by atoms with Crippen LogP contribution < -0.4 is 4.90 Å².